The van der Waals surface area contributed by atoms with E-state index < -0.39 is 0 Å². The van der Waals surface area contributed by atoms with Crippen LogP contribution >= 0.6 is 0 Å². The standard InChI is InChI=1S/C28H36FN3O2/c1-2-22(23-10-12-26(29)13-11-23)9-8-21(14-16-28-20-30-18-25(28)19-32-34-28)15-17-31-27(33)24-6-4-3-5-7-24/h2-7,10-13,21,25,30,32H,8-9,14-20H2,1H3,(H,31,33). The molecule has 34 heavy (non-hydrogen) atoms. The van der Waals surface area contributed by atoms with E-state index >= 15 is 0 Å². The van der Waals surface area contributed by atoms with Crippen molar-refractivity contribution in [3.8, 4) is 0 Å². The third-order valence-corrected chi connectivity index (χ3v) is 7.40. The Balaban J connectivity index is 1.36. The Morgan fingerprint density at radius 2 is 1.91 bits per heavy atom. The highest BCUT2D eigenvalue weighted by Gasteiger charge is 2.48. The number of carbonyl (C=O) groups is 1. The second kappa shape index (κ2) is 11.7. The van der Waals surface area contributed by atoms with Crippen molar-refractivity contribution in [2.24, 2.45) is 11.8 Å². The molecule has 0 saturated carbocycles. The Labute approximate surface area is 202 Å². The summed E-state index contributed by atoms with van der Waals surface area (Å²) >= 11 is 0. The molecule has 2 aromatic carbocycles. The lowest BCUT2D eigenvalue weighted by atomic mass is 9.82. The van der Waals surface area contributed by atoms with Crippen molar-refractivity contribution in [1.29, 1.82) is 0 Å². The van der Waals surface area contributed by atoms with Crippen molar-refractivity contribution < 1.29 is 14.0 Å². The highest BCUT2D eigenvalue weighted by Crippen LogP contribution is 2.36. The quantitative estimate of drug-likeness (QED) is 0.449. The molecule has 0 radical (unpaired) electrons. The lowest BCUT2D eigenvalue weighted by Crippen LogP contribution is -2.37. The lowest BCUT2D eigenvalue weighted by molar-refractivity contribution is -0.0601. The molecule has 3 atom stereocenters. The number of benzene rings is 2. The van der Waals surface area contributed by atoms with E-state index in [1.54, 1.807) is 0 Å². The van der Waals surface area contributed by atoms with Gasteiger partial charge in [-0.05, 0) is 80.3 Å². The molecule has 0 aromatic heterocycles. The summed E-state index contributed by atoms with van der Waals surface area (Å²) in [6, 6.07) is 16.1. The fourth-order valence-corrected chi connectivity index (χ4v) is 5.24. The first kappa shape index (κ1) is 24.6. The zero-order valence-electron chi connectivity index (χ0n) is 20.0. The maximum atomic E-state index is 13.4. The summed E-state index contributed by atoms with van der Waals surface area (Å²) in [5, 5.41) is 6.58. The topological polar surface area (TPSA) is 62.4 Å². The van der Waals surface area contributed by atoms with Crippen molar-refractivity contribution in [3.63, 3.8) is 0 Å². The predicted molar refractivity (Wildman–Crippen MR) is 134 cm³/mol. The lowest BCUT2D eigenvalue weighted by Gasteiger charge is -2.28. The van der Waals surface area contributed by atoms with Crippen LogP contribution in [0.15, 0.2) is 60.7 Å². The molecule has 2 heterocycles. The van der Waals surface area contributed by atoms with E-state index in [0.29, 0.717) is 23.9 Å². The van der Waals surface area contributed by atoms with Gasteiger partial charge in [-0.25, -0.2) is 9.87 Å². The van der Waals surface area contributed by atoms with Crippen LogP contribution in [0, 0.1) is 17.7 Å². The molecule has 3 unspecified atom stereocenters. The first-order chi connectivity index (χ1) is 16.6. The molecule has 5 nitrogen and oxygen atoms in total. The largest absolute Gasteiger partial charge is 0.352 e. The molecule has 0 spiro atoms. The van der Waals surface area contributed by atoms with E-state index in [0.717, 1.165) is 57.3 Å². The van der Waals surface area contributed by atoms with Crippen LogP contribution in [-0.2, 0) is 4.84 Å². The molecule has 2 aliphatic heterocycles. The molecule has 6 heteroatoms. The minimum absolute atomic E-state index is 0.0261. The normalized spacial score (nSPS) is 23.0. The number of rotatable bonds is 11. The van der Waals surface area contributed by atoms with Gasteiger partial charge < -0.3 is 10.6 Å². The summed E-state index contributed by atoms with van der Waals surface area (Å²) in [4.78, 5) is 18.5. The number of halogens is 1. The van der Waals surface area contributed by atoms with Gasteiger partial charge in [-0.1, -0.05) is 36.4 Å². The Morgan fingerprint density at radius 1 is 1.12 bits per heavy atom. The number of nitrogens with one attached hydrogen (secondary N) is 3. The zero-order valence-corrected chi connectivity index (χ0v) is 20.0. The van der Waals surface area contributed by atoms with Gasteiger partial charge in [0.2, 0.25) is 0 Å². The van der Waals surface area contributed by atoms with Crippen LogP contribution in [0.3, 0.4) is 0 Å². The molecular weight excluding hydrogens is 429 g/mol. The number of allylic oxidation sites excluding steroid dienone is 2. The summed E-state index contributed by atoms with van der Waals surface area (Å²) in [6.45, 7) is 5.47. The fraction of sp³-hybridized carbons (Fsp3) is 0.464. The highest BCUT2D eigenvalue weighted by molar-refractivity contribution is 5.94. The molecular formula is C28H36FN3O2. The average molecular weight is 466 g/mol. The minimum atomic E-state index is -0.213. The van der Waals surface area contributed by atoms with Crippen LogP contribution in [0.25, 0.3) is 5.57 Å². The van der Waals surface area contributed by atoms with Crippen molar-refractivity contribution in [1.82, 2.24) is 16.1 Å². The third kappa shape index (κ3) is 6.12. The second-order valence-corrected chi connectivity index (χ2v) is 9.52. The number of fused-ring (bicyclic) bond motifs is 1. The molecule has 2 saturated heterocycles. The Bertz CT molecular complexity index is 951. The maximum Gasteiger partial charge on any atom is 0.251 e. The van der Waals surface area contributed by atoms with E-state index in [-0.39, 0.29) is 17.3 Å². The summed E-state index contributed by atoms with van der Waals surface area (Å²) in [7, 11) is 0. The van der Waals surface area contributed by atoms with Crippen molar-refractivity contribution in [3.05, 3.63) is 77.6 Å². The number of hydrogen-bond acceptors (Lipinski definition) is 4. The number of hydroxylamine groups is 1. The van der Waals surface area contributed by atoms with Crippen molar-refractivity contribution in [2.45, 2.75) is 44.6 Å². The summed E-state index contributed by atoms with van der Waals surface area (Å²) in [6.07, 6.45) is 7.02. The highest BCUT2D eigenvalue weighted by atomic mass is 19.1. The van der Waals surface area contributed by atoms with Gasteiger partial charge in [0, 0.05) is 37.7 Å². The van der Waals surface area contributed by atoms with E-state index in [1.807, 2.05) is 49.4 Å². The molecule has 1 amide bonds. The molecule has 2 aliphatic rings. The number of amides is 1. The number of hydrogen-bond donors (Lipinski definition) is 3. The minimum Gasteiger partial charge on any atom is -0.352 e. The van der Waals surface area contributed by atoms with Crippen LogP contribution < -0.4 is 16.1 Å². The predicted octanol–water partition coefficient (Wildman–Crippen LogP) is 4.72. The second-order valence-electron chi connectivity index (χ2n) is 9.52. The van der Waals surface area contributed by atoms with Gasteiger partial charge in [0.1, 0.15) is 11.4 Å². The van der Waals surface area contributed by atoms with Gasteiger partial charge in [-0.2, -0.15) is 0 Å². The first-order valence-electron chi connectivity index (χ1n) is 12.5. The van der Waals surface area contributed by atoms with Crippen molar-refractivity contribution >= 4 is 11.5 Å². The Hall–Kier alpha value is -2.54. The van der Waals surface area contributed by atoms with Crippen LogP contribution in [0.5, 0.6) is 0 Å². The molecule has 0 aliphatic carbocycles. The van der Waals surface area contributed by atoms with Gasteiger partial charge >= 0.3 is 0 Å². The number of carbonyl (C=O) groups excluding carboxylic acids is 1. The summed E-state index contributed by atoms with van der Waals surface area (Å²) < 4.78 is 13.4. The van der Waals surface area contributed by atoms with Gasteiger partial charge in [0.15, 0.2) is 0 Å². The monoisotopic (exact) mass is 465 g/mol. The maximum absolute atomic E-state index is 13.4. The third-order valence-electron chi connectivity index (χ3n) is 7.40. The molecule has 3 N–H and O–H groups in total. The smallest absolute Gasteiger partial charge is 0.251 e. The van der Waals surface area contributed by atoms with Gasteiger partial charge in [0.05, 0.1) is 0 Å². The molecule has 4 rings (SSSR count). The summed E-state index contributed by atoms with van der Waals surface area (Å²) in [5.74, 6) is 0.722. The van der Waals surface area contributed by atoms with Crippen molar-refractivity contribution in [2.75, 3.05) is 26.2 Å². The molecule has 2 aromatic rings. The van der Waals surface area contributed by atoms with E-state index in [2.05, 4.69) is 22.2 Å². The zero-order chi connectivity index (χ0) is 23.8. The van der Waals surface area contributed by atoms with Crippen LogP contribution in [-0.4, -0.2) is 37.7 Å². The van der Waals surface area contributed by atoms with Gasteiger partial charge in [-0.15, -0.1) is 0 Å². The van der Waals surface area contributed by atoms with Gasteiger partial charge in [-0.3, -0.25) is 9.63 Å². The van der Waals surface area contributed by atoms with Gasteiger partial charge in [0.25, 0.3) is 5.91 Å². The molecule has 182 valence electrons. The van der Waals surface area contributed by atoms with E-state index in [1.165, 1.54) is 17.7 Å². The average Bonchev–Trinajstić information content (AvgIpc) is 3.44. The summed E-state index contributed by atoms with van der Waals surface area (Å²) in [5.41, 5.74) is 5.99. The SMILES string of the molecule is CC=C(CCC(CCNC(=O)c1ccccc1)CCC12CNCC1CNO2)c1ccc(F)cc1. The van der Waals surface area contributed by atoms with Crippen LogP contribution in [0.1, 0.15) is 54.9 Å². The fourth-order valence-electron chi connectivity index (χ4n) is 5.24. The van der Waals surface area contributed by atoms with Crippen LogP contribution in [0.4, 0.5) is 4.39 Å². The van der Waals surface area contributed by atoms with E-state index in [9.17, 15) is 9.18 Å². The van der Waals surface area contributed by atoms with E-state index in [4.69, 9.17) is 4.84 Å². The molecule has 2 fully saturated rings. The Kier molecular flexibility index (Phi) is 8.48. The molecule has 0 bridgehead atoms. The Morgan fingerprint density at radius 3 is 2.68 bits per heavy atom. The van der Waals surface area contributed by atoms with Crippen LogP contribution in [0.2, 0.25) is 0 Å². The first-order valence-corrected chi connectivity index (χ1v) is 12.5.